The van der Waals surface area contributed by atoms with Gasteiger partial charge in [-0.25, -0.2) is 14.6 Å². The van der Waals surface area contributed by atoms with Crippen LogP contribution < -0.4 is 10.6 Å². The Balaban J connectivity index is 1.90. The fraction of sp³-hybridized carbons (Fsp3) is 0.167. The number of anilines is 1. The number of urea groups is 1. The first-order valence-electron chi connectivity index (χ1n) is 5.98. The highest BCUT2D eigenvalue weighted by molar-refractivity contribution is 6.33. The molecule has 2 rings (SSSR count). The Morgan fingerprint density at radius 3 is 2.86 bits per heavy atom. The summed E-state index contributed by atoms with van der Waals surface area (Å²) >= 11 is 5.90. The molecule has 1 aromatic heterocycles. The summed E-state index contributed by atoms with van der Waals surface area (Å²) in [5.74, 6) is -0.443. The van der Waals surface area contributed by atoms with Crippen molar-refractivity contribution in [3.63, 3.8) is 0 Å². The van der Waals surface area contributed by atoms with Crippen LogP contribution >= 0.6 is 11.6 Å². The van der Waals surface area contributed by atoms with E-state index in [0.717, 1.165) is 0 Å². The molecule has 1 heterocycles. The summed E-state index contributed by atoms with van der Waals surface area (Å²) in [5.41, 5.74) is 0.269. The van der Waals surface area contributed by atoms with Crippen molar-refractivity contribution in [1.29, 1.82) is 0 Å². The second-order valence-electron chi connectivity index (χ2n) is 4.06. The molecule has 0 fully saturated rings. The van der Waals surface area contributed by atoms with Gasteiger partial charge in [-0.1, -0.05) is 11.6 Å². The number of aromatic nitrogens is 3. The second-order valence-corrected chi connectivity index (χ2v) is 4.47. The van der Waals surface area contributed by atoms with Gasteiger partial charge in [0.2, 0.25) is 0 Å². The van der Waals surface area contributed by atoms with E-state index in [4.69, 9.17) is 16.7 Å². The van der Waals surface area contributed by atoms with Crippen molar-refractivity contribution >= 4 is 29.3 Å². The van der Waals surface area contributed by atoms with E-state index in [0.29, 0.717) is 18.8 Å². The maximum absolute atomic E-state index is 11.7. The van der Waals surface area contributed by atoms with Gasteiger partial charge in [-0.15, -0.1) is 0 Å². The second kappa shape index (κ2) is 6.71. The van der Waals surface area contributed by atoms with Gasteiger partial charge in [-0.2, -0.15) is 5.10 Å². The van der Waals surface area contributed by atoms with Crippen LogP contribution in [0.2, 0.25) is 5.02 Å². The Labute approximate surface area is 124 Å². The smallest absolute Gasteiger partial charge is 0.335 e. The van der Waals surface area contributed by atoms with Crippen molar-refractivity contribution in [2.45, 2.75) is 6.42 Å². The first-order valence-corrected chi connectivity index (χ1v) is 6.36. The van der Waals surface area contributed by atoms with Crippen LogP contribution in [-0.4, -0.2) is 38.8 Å². The number of carbonyl (C=O) groups excluding carboxylic acids is 1. The number of aromatic carboxylic acids is 1. The molecule has 0 aliphatic carbocycles. The molecule has 2 amide bonds. The molecule has 0 unspecified atom stereocenters. The van der Waals surface area contributed by atoms with E-state index in [1.807, 2.05) is 0 Å². The van der Waals surface area contributed by atoms with Gasteiger partial charge >= 0.3 is 12.0 Å². The molecule has 0 radical (unpaired) electrons. The number of carbonyl (C=O) groups is 2. The predicted octanol–water partition coefficient (Wildman–Crippen LogP) is 1.52. The first-order chi connectivity index (χ1) is 10.1. The minimum absolute atomic E-state index is 0.0383. The molecule has 0 aliphatic heterocycles. The van der Waals surface area contributed by atoms with Crippen molar-refractivity contribution in [3.8, 4) is 0 Å². The SMILES string of the molecule is O=C(NCCc1ncn[nH]1)Nc1cc(C(=O)O)ccc1Cl. The summed E-state index contributed by atoms with van der Waals surface area (Å²) in [6.45, 7) is 0.345. The normalized spacial score (nSPS) is 10.1. The van der Waals surface area contributed by atoms with Crippen LogP contribution in [-0.2, 0) is 6.42 Å². The lowest BCUT2D eigenvalue weighted by Crippen LogP contribution is -2.30. The summed E-state index contributed by atoms with van der Waals surface area (Å²) in [6.07, 6.45) is 1.88. The number of H-pyrrole nitrogens is 1. The monoisotopic (exact) mass is 309 g/mol. The zero-order chi connectivity index (χ0) is 15.2. The Kier molecular flexibility index (Phi) is 4.72. The highest BCUT2D eigenvalue weighted by Crippen LogP contribution is 2.22. The minimum atomic E-state index is -1.10. The molecule has 0 bridgehead atoms. The maximum Gasteiger partial charge on any atom is 0.335 e. The molecule has 4 N–H and O–H groups in total. The Hall–Kier alpha value is -2.61. The van der Waals surface area contributed by atoms with E-state index in [9.17, 15) is 9.59 Å². The maximum atomic E-state index is 11.7. The zero-order valence-corrected chi connectivity index (χ0v) is 11.5. The Bertz CT molecular complexity index is 644. The third kappa shape index (κ3) is 4.18. The minimum Gasteiger partial charge on any atom is -0.478 e. The molecule has 1 aromatic carbocycles. The third-order valence-electron chi connectivity index (χ3n) is 2.57. The fourth-order valence-corrected chi connectivity index (χ4v) is 1.73. The van der Waals surface area contributed by atoms with Crippen LogP contribution in [0.4, 0.5) is 10.5 Å². The molecule has 0 saturated carbocycles. The van der Waals surface area contributed by atoms with Crippen molar-refractivity contribution < 1.29 is 14.7 Å². The Morgan fingerprint density at radius 1 is 1.38 bits per heavy atom. The molecule has 0 aliphatic rings. The summed E-state index contributed by atoms with van der Waals surface area (Å²) in [5, 5.41) is 20.6. The largest absolute Gasteiger partial charge is 0.478 e. The van der Waals surface area contributed by atoms with Gasteiger partial charge in [0, 0.05) is 13.0 Å². The number of amides is 2. The average Bonchev–Trinajstić information content (AvgIpc) is 2.94. The lowest BCUT2D eigenvalue weighted by molar-refractivity contribution is 0.0697. The predicted molar refractivity (Wildman–Crippen MR) is 75.5 cm³/mol. The van der Waals surface area contributed by atoms with Crippen LogP contribution in [0.5, 0.6) is 0 Å². The number of aromatic amines is 1. The number of halogens is 1. The number of hydrogen-bond donors (Lipinski definition) is 4. The molecule has 110 valence electrons. The standard InChI is InChI=1S/C12H12ClN5O3/c13-8-2-1-7(11(19)20)5-9(8)17-12(21)14-4-3-10-15-6-16-18-10/h1-2,5-6H,3-4H2,(H,19,20)(H2,14,17,21)(H,15,16,18). The molecule has 0 atom stereocenters. The molecule has 9 heteroatoms. The van der Waals surface area contributed by atoms with Gasteiger partial charge in [0.05, 0.1) is 16.3 Å². The van der Waals surface area contributed by atoms with E-state index in [2.05, 4.69) is 25.8 Å². The number of carboxylic acids is 1. The van der Waals surface area contributed by atoms with E-state index in [-0.39, 0.29) is 16.3 Å². The molecule has 0 saturated heterocycles. The van der Waals surface area contributed by atoms with E-state index >= 15 is 0 Å². The lowest BCUT2D eigenvalue weighted by Gasteiger charge is -2.09. The number of rotatable bonds is 5. The van der Waals surface area contributed by atoms with E-state index in [1.165, 1.54) is 24.5 Å². The van der Waals surface area contributed by atoms with Crippen molar-refractivity contribution in [2.24, 2.45) is 0 Å². The lowest BCUT2D eigenvalue weighted by atomic mass is 10.2. The van der Waals surface area contributed by atoms with Crippen LogP contribution in [0.3, 0.4) is 0 Å². The third-order valence-corrected chi connectivity index (χ3v) is 2.90. The van der Waals surface area contributed by atoms with Crippen molar-refractivity contribution in [1.82, 2.24) is 20.5 Å². The number of benzene rings is 1. The van der Waals surface area contributed by atoms with Crippen LogP contribution in [0.25, 0.3) is 0 Å². The zero-order valence-electron chi connectivity index (χ0n) is 10.8. The quantitative estimate of drug-likeness (QED) is 0.667. The average molecular weight is 310 g/mol. The highest BCUT2D eigenvalue weighted by atomic mass is 35.5. The number of hydrogen-bond acceptors (Lipinski definition) is 4. The van der Waals surface area contributed by atoms with Crippen LogP contribution in [0.15, 0.2) is 24.5 Å². The van der Waals surface area contributed by atoms with Crippen LogP contribution in [0, 0.1) is 0 Å². The molecule has 8 nitrogen and oxygen atoms in total. The van der Waals surface area contributed by atoms with E-state index in [1.54, 1.807) is 0 Å². The van der Waals surface area contributed by atoms with Gasteiger partial charge in [0.25, 0.3) is 0 Å². The molecular weight excluding hydrogens is 298 g/mol. The van der Waals surface area contributed by atoms with Crippen molar-refractivity contribution in [2.75, 3.05) is 11.9 Å². The summed E-state index contributed by atoms with van der Waals surface area (Å²) in [7, 11) is 0. The molecular formula is C12H12ClN5O3. The number of nitrogens with zero attached hydrogens (tertiary/aromatic N) is 2. The van der Waals surface area contributed by atoms with Gasteiger partial charge < -0.3 is 15.7 Å². The first kappa shape index (κ1) is 14.8. The summed E-state index contributed by atoms with van der Waals surface area (Å²) in [6, 6.07) is 3.58. The summed E-state index contributed by atoms with van der Waals surface area (Å²) < 4.78 is 0. The summed E-state index contributed by atoms with van der Waals surface area (Å²) in [4.78, 5) is 26.5. The van der Waals surface area contributed by atoms with E-state index < -0.39 is 12.0 Å². The molecule has 0 spiro atoms. The fourth-order valence-electron chi connectivity index (χ4n) is 1.57. The topological polar surface area (TPSA) is 120 Å². The number of nitrogens with one attached hydrogen (secondary N) is 3. The van der Waals surface area contributed by atoms with Gasteiger partial charge in [-0.3, -0.25) is 5.10 Å². The van der Waals surface area contributed by atoms with Gasteiger partial charge in [-0.05, 0) is 18.2 Å². The van der Waals surface area contributed by atoms with Gasteiger partial charge in [0.1, 0.15) is 12.2 Å². The van der Waals surface area contributed by atoms with Crippen LogP contribution in [0.1, 0.15) is 16.2 Å². The Morgan fingerprint density at radius 2 is 2.19 bits per heavy atom. The highest BCUT2D eigenvalue weighted by Gasteiger charge is 2.10. The number of carboxylic acid groups (broad SMARTS) is 1. The molecule has 21 heavy (non-hydrogen) atoms. The van der Waals surface area contributed by atoms with Gasteiger partial charge in [0.15, 0.2) is 0 Å². The molecule has 2 aromatic rings. The van der Waals surface area contributed by atoms with Crippen molar-refractivity contribution in [3.05, 3.63) is 40.9 Å².